The minimum absolute atomic E-state index is 0.301. The predicted molar refractivity (Wildman–Crippen MR) is 133 cm³/mol. The molecule has 1 N–H and O–H groups in total. The van der Waals surface area contributed by atoms with Crippen LogP contribution in [0.15, 0.2) is 59.5 Å². The molecule has 4 aromatic rings. The van der Waals surface area contributed by atoms with Gasteiger partial charge in [0.15, 0.2) is 17.1 Å². The second kappa shape index (κ2) is 9.64. The number of imidazole rings is 1. The molecule has 0 aliphatic carbocycles. The zero-order valence-electron chi connectivity index (χ0n) is 19.5. The van der Waals surface area contributed by atoms with Gasteiger partial charge in [0.25, 0.3) is 0 Å². The minimum atomic E-state index is -3.49. The molecular formula is C25H24N4O5S. The summed E-state index contributed by atoms with van der Waals surface area (Å²) in [6.45, 7) is 2.22. The third-order valence-corrected chi connectivity index (χ3v) is 6.48. The van der Waals surface area contributed by atoms with Gasteiger partial charge in [-0.2, -0.15) is 5.26 Å². The zero-order chi connectivity index (χ0) is 25.2. The molecule has 35 heavy (non-hydrogen) atoms. The third-order valence-electron chi connectivity index (χ3n) is 5.56. The summed E-state index contributed by atoms with van der Waals surface area (Å²) in [7, 11) is -1.98. The fourth-order valence-corrected chi connectivity index (χ4v) is 4.97. The molecule has 0 spiro atoms. The van der Waals surface area contributed by atoms with E-state index in [-0.39, 0.29) is 5.75 Å². The molecule has 180 valence electrons. The monoisotopic (exact) mass is 492 g/mol. The molecule has 0 bridgehead atoms. The van der Waals surface area contributed by atoms with E-state index in [4.69, 9.17) is 9.47 Å². The number of aromatic nitrogens is 3. The maximum atomic E-state index is 13.1. The Bertz CT molecular complexity index is 1600. The average molecular weight is 493 g/mol. The van der Waals surface area contributed by atoms with Crippen LogP contribution in [-0.4, -0.2) is 48.7 Å². The number of fused-ring (bicyclic) bond motifs is 1. The Morgan fingerprint density at radius 2 is 1.94 bits per heavy atom. The number of pyridine rings is 1. The molecule has 2 aromatic carbocycles. The van der Waals surface area contributed by atoms with E-state index in [0.717, 1.165) is 6.26 Å². The van der Waals surface area contributed by atoms with Gasteiger partial charge in [0.1, 0.15) is 9.84 Å². The first-order valence-electron chi connectivity index (χ1n) is 10.8. The quantitative estimate of drug-likeness (QED) is 0.400. The highest BCUT2D eigenvalue weighted by Gasteiger charge is 2.26. The summed E-state index contributed by atoms with van der Waals surface area (Å²) in [5, 5.41) is 9.44. The molecule has 0 radical (unpaired) electrons. The summed E-state index contributed by atoms with van der Waals surface area (Å²) in [6, 6.07) is 15.2. The van der Waals surface area contributed by atoms with E-state index in [9.17, 15) is 18.5 Å². The summed E-state index contributed by atoms with van der Waals surface area (Å²) < 4.78 is 37.1. The molecule has 0 aliphatic rings. The van der Waals surface area contributed by atoms with Gasteiger partial charge in [-0.25, -0.2) is 18.2 Å². The Balaban J connectivity index is 1.89. The van der Waals surface area contributed by atoms with E-state index in [1.807, 2.05) is 13.0 Å². The lowest BCUT2D eigenvalue weighted by Crippen LogP contribution is -2.28. The van der Waals surface area contributed by atoms with Crippen LogP contribution in [0.1, 0.15) is 24.1 Å². The molecule has 0 amide bonds. The van der Waals surface area contributed by atoms with Gasteiger partial charge in [0, 0.05) is 23.6 Å². The second-order valence-electron chi connectivity index (χ2n) is 8.00. The van der Waals surface area contributed by atoms with Crippen molar-refractivity contribution in [2.24, 2.45) is 0 Å². The number of hydrogen-bond acceptors (Lipinski definition) is 7. The Labute approximate surface area is 202 Å². The van der Waals surface area contributed by atoms with Crippen LogP contribution < -0.4 is 15.2 Å². The summed E-state index contributed by atoms with van der Waals surface area (Å²) in [5.74, 6) is 0.625. The van der Waals surface area contributed by atoms with Gasteiger partial charge >= 0.3 is 5.69 Å². The first-order valence-corrected chi connectivity index (χ1v) is 12.9. The molecule has 0 aliphatic heterocycles. The van der Waals surface area contributed by atoms with Gasteiger partial charge in [-0.15, -0.1) is 0 Å². The molecule has 0 saturated carbocycles. The smallest absolute Gasteiger partial charge is 0.328 e. The van der Waals surface area contributed by atoms with Crippen LogP contribution in [0.2, 0.25) is 0 Å². The van der Waals surface area contributed by atoms with Crippen LogP contribution in [0.3, 0.4) is 0 Å². The van der Waals surface area contributed by atoms with Crippen molar-refractivity contribution in [1.29, 1.82) is 5.26 Å². The van der Waals surface area contributed by atoms with Gasteiger partial charge < -0.3 is 14.5 Å². The highest BCUT2D eigenvalue weighted by atomic mass is 32.2. The maximum Gasteiger partial charge on any atom is 0.328 e. The van der Waals surface area contributed by atoms with Crippen LogP contribution in [0.5, 0.6) is 11.5 Å². The lowest BCUT2D eigenvalue weighted by atomic mass is 10.0. The number of aromatic amines is 1. The first kappa shape index (κ1) is 24.0. The van der Waals surface area contributed by atoms with Crippen molar-refractivity contribution in [1.82, 2.24) is 14.5 Å². The maximum absolute atomic E-state index is 13.1. The Hall–Kier alpha value is -4.10. The van der Waals surface area contributed by atoms with Crippen molar-refractivity contribution in [2.45, 2.75) is 13.0 Å². The number of rotatable bonds is 8. The fourth-order valence-electron chi connectivity index (χ4n) is 4.06. The summed E-state index contributed by atoms with van der Waals surface area (Å²) in [4.78, 5) is 20.4. The van der Waals surface area contributed by atoms with Gasteiger partial charge in [-0.3, -0.25) is 4.57 Å². The van der Waals surface area contributed by atoms with Crippen LogP contribution in [-0.2, 0) is 9.84 Å². The van der Waals surface area contributed by atoms with Crippen molar-refractivity contribution < 1.29 is 17.9 Å². The van der Waals surface area contributed by atoms with Crippen molar-refractivity contribution in [3.05, 3.63) is 76.3 Å². The number of ether oxygens (including phenoxy) is 2. The number of methoxy groups -OCH3 is 1. The van der Waals surface area contributed by atoms with Crippen LogP contribution in [0, 0.1) is 11.3 Å². The molecular weight excluding hydrogens is 468 g/mol. The third kappa shape index (κ3) is 4.90. The van der Waals surface area contributed by atoms with Crippen molar-refractivity contribution in [3.63, 3.8) is 0 Å². The minimum Gasteiger partial charge on any atom is -0.493 e. The summed E-state index contributed by atoms with van der Waals surface area (Å²) >= 11 is 0. The van der Waals surface area contributed by atoms with Crippen molar-refractivity contribution >= 4 is 21.0 Å². The van der Waals surface area contributed by atoms with Gasteiger partial charge in [0.05, 0.1) is 42.7 Å². The van der Waals surface area contributed by atoms with E-state index in [1.54, 1.807) is 48.7 Å². The molecule has 2 heterocycles. The summed E-state index contributed by atoms with van der Waals surface area (Å²) in [6.07, 6.45) is 2.69. The SMILES string of the molecule is CCOc1cc(C(CS(C)(=O)=O)n2c(=O)[nH]c3cc(-c4ccccc4C#N)cnc32)ccc1OC. The number of nitrogens with zero attached hydrogens (tertiary/aromatic N) is 3. The van der Waals surface area contributed by atoms with Crippen molar-refractivity contribution in [2.75, 3.05) is 25.7 Å². The van der Waals surface area contributed by atoms with E-state index in [1.165, 1.54) is 11.7 Å². The normalized spacial score (nSPS) is 12.3. The van der Waals surface area contributed by atoms with E-state index < -0.39 is 21.6 Å². The Kier molecular flexibility index (Phi) is 6.62. The largest absolute Gasteiger partial charge is 0.493 e. The molecule has 0 fully saturated rings. The molecule has 4 rings (SSSR count). The van der Waals surface area contributed by atoms with Crippen molar-refractivity contribution in [3.8, 4) is 28.7 Å². The predicted octanol–water partition coefficient (Wildman–Crippen LogP) is 3.30. The zero-order valence-corrected chi connectivity index (χ0v) is 20.3. The molecule has 2 aromatic heterocycles. The number of hydrogen-bond donors (Lipinski definition) is 1. The first-order chi connectivity index (χ1) is 16.8. The number of benzene rings is 2. The molecule has 0 saturated heterocycles. The van der Waals surface area contributed by atoms with Gasteiger partial charge in [0.2, 0.25) is 0 Å². The highest BCUT2D eigenvalue weighted by molar-refractivity contribution is 7.90. The molecule has 1 unspecified atom stereocenters. The molecule has 1 atom stereocenters. The highest BCUT2D eigenvalue weighted by Crippen LogP contribution is 2.33. The molecule has 9 nitrogen and oxygen atoms in total. The van der Waals surface area contributed by atoms with Crippen LogP contribution >= 0.6 is 0 Å². The number of nitrogens with one attached hydrogen (secondary N) is 1. The summed E-state index contributed by atoms with van der Waals surface area (Å²) in [5.41, 5.74) is 2.61. The van der Waals surface area contributed by atoms with E-state index in [2.05, 4.69) is 16.0 Å². The topological polar surface area (TPSA) is 127 Å². The number of nitriles is 1. The number of H-pyrrole nitrogens is 1. The Morgan fingerprint density at radius 3 is 2.63 bits per heavy atom. The standard InChI is InChI=1S/C25H24N4O5S/c1-4-34-23-12-16(9-10-22(23)33-2)21(15-35(3,31)32)29-24-20(28-25(29)30)11-18(14-27-24)19-8-6-5-7-17(19)13-26/h5-12,14,21H,4,15H2,1-3H3,(H,28,30). The second-order valence-corrected chi connectivity index (χ2v) is 10.2. The number of sulfone groups is 1. The Morgan fingerprint density at radius 1 is 1.17 bits per heavy atom. The lowest BCUT2D eigenvalue weighted by Gasteiger charge is -2.20. The van der Waals surface area contributed by atoms with E-state index in [0.29, 0.717) is 51.5 Å². The van der Waals surface area contributed by atoms with E-state index >= 15 is 0 Å². The average Bonchev–Trinajstić information content (AvgIpc) is 3.16. The van der Waals surface area contributed by atoms with Gasteiger partial charge in [-0.1, -0.05) is 24.3 Å². The van der Waals surface area contributed by atoms with Gasteiger partial charge in [-0.05, 0) is 36.8 Å². The molecule has 10 heteroatoms. The fraction of sp³-hybridized carbons (Fsp3) is 0.240. The van der Waals surface area contributed by atoms with Crippen LogP contribution in [0.25, 0.3) is 22.3 Å². The van der Waals surface area contributed by atoms with Crippen LogP contribution in [0.4, 0.5) is 0 Å². The lowest BCUT2D eigenvalue weighted by molar-refractivity contribution is 0.310.